The predicted octanol–water partition coefficient (Wildman–Crippen LogP) is 9.51. The lowest BCUT2D eigenvalue weighted by atomic mass is 9.84. The molecule has 0 bridgehead atoms. The highest BCUT2D eigenvalue weighted by atomic mass is 35.5. The van der Waals surface area contributed by atoms with Crippen LogP contribution in [0.2, 0.25) is 0 Å². The van der Waals surface area contributed by atoms with Crippen molar-refractivity contribution in [3.63, 3.8) is 0 Å². The number of aryl methyl sites for hydroxylation is 2. The Bertz CT molecular complexity index is 874. The second-order valence-electron chi connectivity index (χ2n) is 11.7. The van der Waals surface area contributed by atoms with E-state index in [1.54, 1.807) is 14.2 Å². The molecule has 0 amide bonds. The highest BCUT2D eigenvalue weighted by molar-refractivity contribution is 6.17. The average molecular weight is 522 g/mol. The van der Waals surface area contributed by atoms with Gasteiger partial charge < -0.3 is 9.47 Å². The Balaban J connectivity index is 1.95. The van der Waals surface area contributed by atoms with Crippen molar-refractivity contribution >= 4 is 23.2 Å². The first kappa shape index (κ1) is 29.8. The molecule has 0 radical (unpaired) electrons. The van der Waals surface area contributed by atoms with Gasteiger partial charge in [0.05, 0.1) is 26.0 Å². The molecule has 0 saturated heterocycles. The van der Waals surface area contributed by atoms with Crippen molar-refractivity contribution in [3.05, 3.63) is 57.6 Å². The summed E-state index contributed by atoms with van der Waals surface area (Å²) in [4.78, 5) is 0. The molecule has 35 heavy (non-hydrogen) atoms. The van der Waals surface area contributed by atoms with Gasteiger partial charge in [-0.1, -0.05) is 85.1 Å². The molecule has 0 N–H and O–H groups in total. The fourth-order valence-electron chi connectivity index (χ4n) is 4.63. The smallest absolute Gasteiger partial charge is 0.126 e. The molecule has 0 atom stereocenters. The van der Waals surface area contributed by atoms with Crippen LogP contribution in [0.15, 0.2) is 24.3 Å². The summed E-state index contributed by atoms with van der Waals surface area (Å²) in [6.07, 6.45) is 8.02. The fourth-order valence-corrected chi connectivity index (χ4v) is 5.03. The predicted molar refractivity (Wildman–Crippen MR) is 153 cm³/mol. The monoisotopic (exact) mass is 520 g/mol. The highest BCUT2D eigenvalue weighted by Gasteiger charge is 2.20. The Morgan fingerprint density at radius 2 is 0.857 bits per heavy atom. The molecule has 196 valence electrons. The van der Waals surface area contributed by atoms with Crippen LogP contribution in [-0.2, 0) is 35.4 Å². The topological polar surface area (TPSA) is 18.5 Å². The van der Waals surface area contributed by atoms with Crippen LogP contribution in [0, 0.1) is 0 Å². The standard InChI is InChI=1S/C31H46Cl2O2/c1-30(2,3)26-16-22(28(34-7)24(18-26)20-32)14-12-10-9-11-13-15-23-17-27(31(4,5)6)19-25(21-33)29(23)35-8/h16-19H,9-15,20-21H2,1-8H3. The largest absolute Gasteiger partial charge is 0.496 e. The summed E-state index contributed by atoms with van der Waals surface area (Å²) in [5.41, 5.74) is 7.60. The molecule has 0 aromatic heterocycles. The van der Waals surface area contributed by atoms with Gasteiger partial charge in [-0.05, 0) is 58.8 Å². The van der Waals surface area contributed by atoms with Crippen molar-refractivity contribution in [1.29, 1.82) is 0 Å². The first-order chi connectivity index (χ1) is 16.5. The minimum Gasteiger partial charge on any atom is -0.496 e. The molecule has 0 fully saturated rings. The van der Waals surface area contributed by atoms with Crippen LogP contribution in [0.4, 0.5) is 0 Å². The molecule has 0 aliphatic carbocycles. The molecule has 2 nitrogen and oxygen atoms in total. The van der Waals surface area contributed by atoms with Gasteiger partial charge >= 0.3 is 0 Å². The molecular formula is C31H46Cl2O2. The zero-order valence-electron chi connectivity index (χ0n) is 23.2. The molecule has 0 aliphatic rings. The van der Waals surface area contributed by atoms with Gasteiger partial charge in [0.15, 0.2) is 0 Å². The molecule has 0 spiro atoms. The minimum atomic E-state index is 0.0938. The van der Waals surface area contributed by atoms with Gasteiger partial charge in [-0.2, -0.15) is 0 Å². The number of methoxy groups -OCH3 is 2. The van der Waals surface area contributed by atoms with Crippen LogP contribution >= 0.6 is 23.2 Å². The SMILES string of the molecule is COc1c(CCl)cc(C(C)(C)C)cc1CCCCCCCc1cc(C(C)(C)C)cc(CCl)c1OC. The highest BCUT2D eigenvalue weighted by Crippen LogP contribution is 2.35. The van der Waals surface area contributed by atoms with Crippen LogP contribution in [0.5, 0.6) is 11.5 Å². The van der Waals surface area contributed by atoms with E-state index in [0.29, 0.717) is 11.8 Å². The first-order valence-corrected chi connectivity index (χ1v) is 14.1. The normalized spacial score (nSPS) is 12.2. The number of rotatable bonds is 12. The second kappa shape index (κ2) is 13.2. The Kier molecular flexibility index (Phi) is 11.3. The van der Waals surface area contributed by atoms with E-state index in [1.165, 1.54) is 41.5 Å². The van der Waals surface area contributed by atoms with E-state index >= 15 is 0 Å². The van der Waals surface area contributed by atoms with E-state index in [4.69, 9.17) is 32.7 Å². The van der Waals surface area contributed by atoms with Crippen molar-refractivity contribution in [3.8, 4) is 11.5 Å². The first-order valence-electron chi connectivity index (χ1n) is 13.0. The third kappa shape index (κ3) is 8.32. The fraction of sp³-hybridized carbons (Fsp3) is 0.613. The van der Waals surface area contributed by atoms with Crippen molar-refractivity contribution in [2.45, 2.75) is 109 Å². The van der Waals surface area contributed by atoms with Crippen LogP contribution in [0.1, 0.15) is 107 Å². The number of alkyl halides is 2. The molecular weight excluding hydrogens is 475 g/mol. The van der Waals surface area contributed by atoms with Crippen molar-refractivity contribution in [1.82, 2.24) is 0 Å². The van der Waals surface area contributed by atoms with E-state index in [-0.39, 0.29) is 10.8 Å². The number of benzene rings is 2. The number of hydrogen-bond acceptors (Lipinski definition) is 2. The van der Waals surface area contributed by atoms with E-state index in [1.807, 2.05) is 0 Å². The van der Waals surface area contributed by atoms with E-state index < -0.39 is 0 Å². The van der Waals surface area contributed by atoms with Crippen molar-refractivity contribution in [2.75, 3.05) is 14.2 Å². The minimum absolute atomic E-state index is 0.0938. The molecule has 0 heterocycles. The second-order valence-corrected chi connectivity index (χ2v) is 12.2. The molecule has 0 aliphatic heterocycles. The summed E-state index contributed by atoms with van der Waals surface area (Å²) in [7, 11) is 3.51. The lowest BCUT2D eigenvalue weighted by Gasteiger charge is -2.23. The Morgan fingerprint density at radius 1 is 0.543 bits per heavy atom. The summed E-state index contributed by atoms with van der Waals surface area (Å²) in [6, 6.07) is 9.04. The molecule has 2 aromatic rings. The zero-order chi connectivity index (χ0) is 26.2. The third-order valence-electron chi connectivity index (χ3n) is 6.81. The number of ether oxygens (including phenoxy) is 2. The Morgan fingerprint density at radius 3 is 1.14 bits per heavy atom. The van der Waals surface area contributed by atoms with E-state index in [0.717, 1.165) is 48.3 Å². The van der Waals surface area contributed by atoms with Gasteiger partial charge in [-0.3, -0.25) is 0 Å². The van der Waals surface area contributed by atoms with Gasteiger partial charge in [0, 0.05) is 11.1 Å². The molecule has 0 saturated carbocycles. The third-order valence-corrected chi connectivity index (χ3v) is 7.38. The maximum Gasteiger partial charge on any atom is 0.126 e. The summed E-state index contributed by atoms with van der Waals surface area (Å²) in [5, 5.41) is 0. The summed E-state index contributed by atoms with van der Waals surface area (Å²) < 4.78 is 11.5. The number of hydrogen-bond donors (Lipinski definition) is 0. The van der Waals surface area contributed by atoms with Crippen molar-refractivity contribution < 1.29 is 9.47 Å². The van der Waals surface area contributed by atoms with Crippen LogP contribution < -0.4 is 9.47 Å². The van der Waals surface area contributed by atoms with Crippen LogP contribution in [0.3, 0.4) is 0 Å². The average Bonchev–Trinajstić information content (AvgIpc) is 2.80. The molecule has 2 aromatic carbocycles. The summed E-state index contributed by atoms with van der Waals surface area (Å²) in [5.74, 6) is 2.89. The lowest BCUT2D eigenvalue weighted by molar-refractivity contribution is 0.403. The lowest BCUT2D eigenvalue weighted by Crippen LogP contribution is -2.13. The Hall–Kier alpha value is -1.38. The maximum atomic E-state index is 6.25. The van der Waals surface area contributed by atoms with Gasteiger partial charge in [0.2, 0.25) is 0 Å². The number of unbranched alkanes of at least 4 members (excludes halogenated alkanes) is 4. The molecule has 0 unspecified atom stereocenters. The van der Waals surface area contributed by atoms with Crippen LogP contribution in [-0.4, -0.2) is 14.2 Å². The van der Waals surface area contributed by atoms with Crippen molar-refractivity contribution in [2.24, 2.45) is 0 Å². The summed E-state index contributed by atoms with van der Waals surface area (Å²) >= 11 is 12.5. The van der Waals surface area contributed by atoms with E-state index in [9.17, 15) is 0 Å². The quantitative estimate of drug-likeness (QED) is 0.205. The summed E-state index contributed by atoms with van der Waals surface area (Å²) in [6.45, 7) is 13.5. The Labute approximate surface area is 224 Å². The zero-order valence-corrected chi connectivity index (χ0v) is 24.8. The number of halogens is 2. The molecule has 4 heteroatoms. The van der Waals surface area contributed by atoms with E-state index in [2.05, 4.69) is 65.8 Å². The van der Waals surface area contributed by atoms with Crippen LogP contribution in [0.25, 0.3) is 0 Å². The van der Waals surface area contributed by atoms with Gasteiger partial charge in [0.1, 0.15) is 11.5 Å². The van der Waals surface area contributed by atoms with Gasteiger partial charge in [0.25, 0.3) is 0 Å². The molecule has 2 rings (SSSR count). The maximum absolute atomic E-state index is 6.25. The van der Waals surface area contributed by atoms with Gasteiger partial charge in [-0.15, -0.1) is 23.2 Å². The van der Waals surface area contributed by atoms with Gasteiger partial charge in [-0.25, -0.2) is 0 Å².